The van der Waals surface area contributed by atoms with Crippen molar-refractivity contribution in [1.82, 2.24) is 5.32 Å². The smallest absolute Gasteiger partial charge is 0.231 e. The van der Waals surface area contributed by atoms with Crippen molar-refractivity contribution in [3.05, 3.63) is 17.7 Å². The zero-order valence-electron chi connectivity index (χ0n) is 10.7. The van der Waals surface area contributed by atoms with E-state index in [-0.39, 0.29) is 6.79 Å². The summed E-state index contributed by atoms with van der Waals surface area (Å²) in [6, 6.07) is 3.84. The van der Waals surface area contributed by atoms with Gasteiger partial charge in [-0.15, -0.1) is 11.8 Å². The molecule has 0 amide bonds. The highest BCUT2D eigenvalue weighted by atomic mass is 16.7. The van der Waals surface area contributed by atoms with Gasteiger partial charge in [-0.25, -0.2) is 0 Å². The topological polar surface area (TPSA) is 39.7 Å². The molecule has 0 bridgehead atoms. The van der Waals surface area contributed by atoms with E-state index in [1.165, 1.54) is 0 Å². The summed E-state index contributed by atoms with van der Waals surface area (Å²) in [4.78, 5) is 0. The van der Waals surface area contributed by atoms with E-state index in [1.54, 1.807) is 0 Å². The molecule has 1 heterocycles. The van der Waals surface area contributed by atoms with Crippen LogP contribution in [0.4, 0.5) is 0 Å². The number of nitrogens with one attached hydrogen (secondary N) is 1. The highest BCUT2D eigenvalue weighted by molar-refractivity contribution is 5.51. The summed E-state index contributed by atoms with van der Waals surface area (Å²) in [6.45, 7) is 3.41. The largest absolute Gasteiger partial charge is 0.492 e. The molecule has 1 aliphatic heterocycles. The van der Waals surface area contributed by atoms with Gasteiger partial charge in [0.1, 0.15) is 5.75 Å². The third kappa shape index (κ3) is 2.88. The Bertz CT molecular complexity index is 474. The van der Waals surface area contributed by atoms with Gasteiger partial charge in [-0.05, 0) is 20.0 Å². The molecule has 0 aliphatic carbocycles. The van der Waals surface area contributed by atoms with Gasteiger partial charge >= 0.3 is 0 Å². The van der Waals surface area contributed by atoms with Crippen molar-refractivity contribution in [2.45, 2.75) is 19.9 Å². The predicted octanol–water partition coefficient (Wildman–Crippen LogP) is 1.93. The van der Waals surface area contributed by atoms with Crippen molar-refractivity contribution in [2.24, 2.45) is 0 Å². The van der Waals surface area contributed by atoms with Crippen molar-refractivity contribution < 1.29 is 14.2 Å². The number of rotatable bonds is 5. The van der Waals surface area contributed by atoms with Crippen molar-refractivity contribution in [2.75, 3.05) is 20.4 Å². The van der Waals surface area contributed by atoms with Gasteiger partial charge in [0.2, 0.25) is 6.79 Å². The normalized spacial score (nSPS) is 11.9. The average Bonchev–Trinajstić information content (AvgIpc) is 2.82. The van der Waals surface area contributed by atoms with Gasteiger partial charge in [0.25, 0.3) is 0 Å². The zero-order chi connectivity index (χ0) is 12.8. The van der Waals surface area contributed by atoms with E-state index in [2.05, 4.69) is 17.2 Å². The Morgan fingerprint density at radius 2 is 2.11 bits per heavy atom. The molecule has 0 atom stereocenters. The lowest BCUT2D eigenvalue weighted by atomic mass is 10.1. The summed E-state index contributed by atoms with van der Waals surface area (Å²) in [7, 11) is 1.90. The van der Waals surface area contributed by atoms with Crippen LogP contribution in [0.15, 0.2) is 12.1 Å². The van der Waals surface area contributed by atoms with E-state index in [4.69, 9.17) is 14.2 Å². The molecular weight excluding hydrogens is 230 g/mol. The van der Waals surface area contributed by atoms with Gasteiger partial charge in [-0.1, -0.05) is 0 Å². The van der Waals surface area contributed by atoms with Crippen molar-refractivity contribution in [3.63, 3.8) is 0 Å². The van der Waals surface area contributed by atoms with Crippen LogP contribution in [-0.4, -0.2) is 20.4 Å². The van der Waals surface area contributed by atoms with E-state index in [0.717, 1.165) is 35.8 Å². The molecule has 0 aromatic heterocycles. The average molecular weight is 247 g/mol. The third-order valence-corrected chi connectivity index (χ3v) is 2.58. The van der Waals surface area contributed by atoms with Gasteiger partial charge < -0.3 is 19.5 Å². The van der Waals surface area contributed by atoms with Crippen LogP contribution in [0.25, 0.3) is 0 Å². The molecular formula is C14H17NO3. The van der Waals surface area contributed by atoms with Crippen LogP contribution >= 0.6 is 0 Å². The molecule has 1 N–H and O–H groups in total. The highest BCUT2D eigenvalue weighted by Crippen LogP contribution is 2.38. The number of ether oxygens (including phenoxy) is 3. The Hall–Kier alpha value is -1.86. The van der Waals surface area contributed by atoms with Crippen LogP contribution < -0.4 is 19.5 Å². The second-order valence-corrected chi connectivity index (χ2v) is 3.87. The SMILES string of the molecule is CC#CCCOc1cc2c(cc1CNC)OCO2. The Morgan fingerprint density at radius 1 is 1.33 bits per heavy atom. The maximum atomic E-state index is 5.74. The predicted molar refractivity (Wildman–Crippen MR) is 68.9 cm³/mol. The molecule has 18 heavy (non-hydrogen) atoms. The number of hydrogen-bond donors (Lipinski definition) is 1. The van der Waals surface area contributed by atoms with Crippen molar-refractivity contribution in [3.8, 4) is 29.1 Å². The number of benzene rings is 1. The lowest BCUT2D eigenvalue weighted by molar-refractivity contribution is 0.173. The first-order chi connectivity index (χ1) is 8.85. The van der Waals surface area contributed by atoms with Gasteiger partial charge in [0, 0.05) is 24.6 Å². The van der Waals surface area contributed by atoms with Crippen molar-refractivity contribution in [1.29, 1.82) is 0 Å². The fourth-order valence-electron chi connectivity index (χ4n) is 1.77. The lowest BCUT2D eigenvalue weighted by Gasteiger charge is -2.11. The summed E-state index contributed by atoms with van der Waals surface area (Å²) < 4.78 is 16.4. The van der Waals surface area contributed by atoms with Gasteiger partial charge in [-0.2, -0.15) is 0 Å². The summed E-state index contributed by atoms with van der Waals surface area (Å²) in [5.41, 5.74) is 1.06. The second-order valence-electron chi connectivity index (χ2n) is 3.87. The minimum atomic E-state index is 0.277. The lowest BCUT2D eigenvalue weighted by Crippen LogP contribution is -2.08. The molecule has 0 unspecified atom stereocenters. The highest BCUT2D eigenvalue weighted by Gasteiger charge is 2.17. The molecule has 0 saturated heterocycles. The first-order valence-corrected chi connectivity index (χ1v) is 5.94. The van der Waals surface area contributed by atoms with E-state index >= 15 is 0 Å². The zero-order valence-corrected chi connectivity index (χ0v) is 10.7. The number of fused-ring (bicyclic) bond motifs is 1. The van der Waals surface area contributed by atoms with Crippen LogP contribution in [0.3, 0.4) is 0 Å². The minimum Gasteiger partial charge on any atom is -0.492 e. The Labute approximate surface area is 107 Å². The molecule has 4 heteroatoms. The Balaban J connectivity index is 2.12. The molecule has 0 saturated carbocycles. The van der Waals surface area contributed by atoms with Crippen LogP contribution in [0, 0.1) is 11.8 Å². The molecule has 96 valence electrons. The molecule has 1 aliphatic rings. The third-order valence-electron chi connectivity index (χ3n) is 2.58. The molecule has 0 radical (unpaired) electrons. The summed E-state index contributed by atoms with van der Waals surface area (Å²) in [5, 5.41) is 3.11. The van der Waals surface area contributed by atoms with Crippen LogP contribution in [0.5, 0.6) is 17.2 Å². The molecule has 0 fully saturated rings. The van der Waals surface area contributed by atoms with E-state index in [1.807, 2.05) is 26.1 Å². The van der Waals surface area contributed by atoms with Gasteiger partial charge in [-0.3, -0.25) is 0 Å². The fraction of sp³-hybridized carbons (Fsp3) is 0.429. The monoisotopic (exact) mass is 247 g/mol. The van der Waals surface area contributed by atoms with Gasteiger partial charge in [0.05, 0.1) is 6.61 Å². The summed E-state index contributed by atoms with van der Waals surface area (Å²) in [6.07, 6.45) is 0.726. The standard InChI is InChI=1S/C14H17NO3/c1-3-4-5-6-16-12-8-14-13(17-10-18-14)7-11(12)9-15-2/h7-8,15H,5-6,9-10H2,1-2H3. The second kappa shape index (κ2) is 6.18. The molecule has 1 aromatic rings. The first-order valence-electron chi connectivity index (χ1n) is 5.94. The summed E-state index contributed by atoms with van der Waals surface area (Å²) in [5.74, 6) is 8.17. The van der Waals surface area contributed by atoms with E-state index in [9.17, 15) is 0 Å². The van der Waals surface area contributed by atoms with Crippen LogP contribution in [-0.2, 0) is 6.54 Å². The summed E-state index contributed by atoms with van der Waals surface area (Å²) >= 11 is 0. The maximum absolute atomic E-state index is 5.74. The Morgan fingerprint density at radius 3 is 2.83 bits per heavy atom. The minimum absolute atomic E-state index is 0.277. The van der Waals surface area contributed by atoms with Gasteiger partial charge in [0.15, 0.2) is 11.5 Å². The number of hydrogen-bond acceptors (Lipinski definition) is 4. The van der Waals surface area contributed by atoms with Crippen molar-refractivity contribution >= 4 is 0 Å². The Kier molecular flexibility index (Phi) is 4.32. The van der Waals surface area contributed by atoms with Crippen LogP contribution in [0.1, 0.15) is 18.9 Å². The van der Waals surface area contributed by atoms with E-state index in [0.29, 0.717) is 6.61 Å². The quantitative estimate of drug-likeness (QED) is 0.637. The fourth-order valence-corrected chi connectivity index (χ4v) is 1.77. The molecule has 1 aromatic carbocycles. The molecule has 4 nitrogen and oxygen atoms in total. The maximum Gasteiger partial charge on any atom is 0.231 e. The molecule has 2 rings (SSSR count). The van der Waals surface area contributed by atoms with E-state index < -0.39 is 0 Å². The van der Waals surface area contributed by atoms with Crippen LogP contribution in [0.2, 0.25) is 0 Å². The molecule has 0 spiro atoms. The first kappa shape index (κ1) is 12.6.